The lowest BCUT2D eigenvalue weighted by molar-refractivity contribution is 0.143. The molecule has 0 saturated heterocycles. The molecule has 8 nitrogen and oxygen atoms in total. The number of guanidine groups is 1. The number of hydrogen-bond donors (Lipinski definition) is 2. The summed E-state index contributed by atoms with van der Waals surface area (Å²) in [4.78, 5) is 8.99. The van der Waals surface area contributed by atoms with Crippen LogP contribution in [-0.4, -0.2) is 54.1 Å². The molecule has 9 heteroatoms. The topological polar surface area (TPSA) is 85.6 Å². The maximum absolute atomic E-state index is 5.69. The van der Waals surface area contributed by atoms with Crippen molar-refractivity contribution < 1.29 is 9.47 Å². The van der Waals surface area contributed by atoms with Gasteiger partial charge in [-0.3, -0.25) is 0 Å². The van der Waals surface area contributed by atoms with Gasteiger partial charge in [0.2, 0.25) is 5.88 Å². The SMILES string of the molecule is CCNC(=NCc1cccnc1OCCOC)NCCc1ccc(-n2cccn2)cc1.I. The van der Waals surface area contributed by atoms with E-state index in [1.165, 1.54) is 5.56 Å². The fourth-order valence-electron chi connectivity index (χ4n) is 2.96. The van der Waals surface area contributed by atoms with Crippen molar-refractivity contribution in [1.29, 1.82) is 0 Å². The van der Waals surface area contributed by atoms with Gasteiger partial charge in [-0.25, -0.2) is 14.7 Å². The molecule has 0 aliphatic heterocycles. The number of ether oxygens (including phenoxy) is 2. The Balaban J connectivity index is 0.00000363. The molecular weight excluding hydrogens is 519 g/mol. The number of methoxy groups -OCH3 is 1. The zero-order valence-electron chi connectivity index (χ0n) is 18.5. The molecule has 0 spiro atoms. The summed E-state index contributed by atoms with van der Waals surface area (Å²) in [6.07, 6.45) is 6.32. The molecule has 0 aliphatic rings. The van der Waals surface area contributed by atoms with Crippen LogP contribution in [0.1, 0.15) is 18.1 Å². The van der Waals surface area contributed by atoms with Crippen LogP contribution in [0.25, 0.3) is 5.69 Å². The van der Waals surface area contributed by atoms with Crippen molar-refractivity contribution in [2.24, 2.45) is 4.99 Å². The van der Waals surface area contributed by atoms with E-state index >= 15 is 0 Å². The minimum Gasteiger partial charge on any atom is -0.475 e. The Hall–Kier alpha value is -2.66. The van der Waals surface area contributed by atoms with Crippen LogP contribution in [0.2, 0.25) is 0 Å². The summed E-state index contributed by atoms with van der Waals surface area (Å²) in [6, 6.07) is 14.2. The van der Waals surface area contributed by atoms with Crippen LogP contribution in [0.3, 0.4) is 0 Å². The fourth-order valence-corrected chi connectivity index (χ4v) is 2.96. The standard InChI is InChI=1S/C23H30N6O2.HI/c1-3-24-23(27-18-20-6-4-12-25-22(20)31-17-16-30-2)26-14-11-19-7-9-21(10-8-19)29-15-5-13-28-29;/h4-10,12-13,15H,3,11,14,16-18H2,1-2H3,(H2,24,26,27);1H. The number of hydrogen-bond acceptors (Lipinski definition) is 5. The normalized spacial score (nSPS) is 11.0. The van der Waals surface area contributed by atoms with Gasteiger partial charge >= 0.3 is 0 Å². The number of halogens is 1. The maximum atomic E-state index is 5.69. The third-order valence-electron chi connectivity index (χ3n) is 4.54. The predicted octanol–water partition coefficient (Wildman–Crippen LogP) is 3.21. The first kappa shape index (κ1) is 25.6. The zero-order valence-corrected chi connectivity index (χ0v) is 20.9. The molecule has 2 N–H and O–H groups in total. The minimum absolute atomic E-state index is 0. The Labute approximate surface area is 206 Å². The summed E-state index contributed by atoms with van der Waals surface area (Å²) < 4.78 is 12.6. The van der Waals surface area contributed by atoms with E-state index in [2.05, 4.69) is 56.9 Å². The van der Waals surface area contributed by atoms with Crippen LogP contribution >= 0.6 is 24.0 Å². The van der Waals surface area contributed by atoms with Crippen LogP contribution in [0.5, 0.6) is 5.88 Å². The largest absolute Gasteiger partial charge is 0.475 e. The summed E-state index contributed by atoms with van der Waals surface area (Å²) in [5.41, 5.74) is 3.24. The highest BCUT2D eigenvalue weighted by Gasteiger charge is 2.05. The molecule has 0 saturated carbocycles. The molecule has 2 heterocycles. The molecule has 32 heavy (non-hydrogen) atoms. The van der Waals surface area contributed by atoms with Crippen LogP contribution in [-0.2, 0) is 17.7 Å². The third kappa shape index (κ3) is 8.12. The summed E-state index contributed by atoms with van der Waals surface area (Å²) in [7, 11) is 1.65. The molecule has 0 unspecified atom stereocenters. The number of aliphatic imine (C=N–C) groups is 1. The Kier molecular flexibility index (Phi) is 11.5. The van der Waals surface area contributed by atoms with E-state index in [4.69, 9.17) is 9.47 Å². The Morgan fingerprint density at radius 2 is 1.91 bits per heavy atom. The van der Waals surface area contributed by atoms with Gasteiger partial charge in [0.1, 0.15) is 6.61 Å². The first-order chi connectivity index (χ1) is 15.3. The van der Waals surface area contributed by atoms with Crippen molar-refractivity contribution in [2.75, 3.05) is 33.4 Å². The molecule has 0 atom stereocenters. The van der Waals surface area contributed by atoms with Crippen LogP contribution < -0.4 is 15.4 Å². The molecular formula is C23H31IN6O2. The molecule has 0 fully saturated rings. The van der Waals surface area contributed by atoms with E-state index in [0.29, 0.717) is 25.6 Å². The van der Waals surface area contributed by atoms with Gasteiger partial charge in [-0.15, -0.1) is 24.0 Å². The van der Waals surface area contributed by atoms with Crippen molar-refractivity contribution in [2.45, 2.75) is 19.9 Å². The lowest BCUT2D eigenvalue weighted by Gasteiger charge is -2.13. The van der Waals surface area contributed by atoms with Crippen molar-refractivity contribution in [1.82, 2.24) is 25.4 Å². The predicted molar refractivity (Wildman–Crippen MR) is 137 cm³/mol. The van der Waals surface area contributed by atoms with Gasteiger partial charge in [0.15, 0.2) is 5.96 Å². The molecule has 3 rings (SSSR count). The average Bonchev–Trinajstić information content (AvgIpc) is 3.34. The second kappa shape index (κ2) is 14.4. The highest BCUT2D eigenvalue weighted by Crippen LogP contribution is 2.15. The quantitative estimate of drug-likeness (QED) is 0.165. The molecule has 0 amide bonds. The van der Waals surface area contributed by atoms with Gasteiger partial charge in [0.05, 0.1) is 18.8 Å². The van der Waals surface area contributed by atoms with Crippen LogP contribution in [0.15, 0.2) is 66.0 Å². The first-order valence-corrected chi connectivity index (χ1v) is 10.5. The molecule has 0 bridgehead atoms. The molecule has 2 aromatic heterocycles. The van der Waals surface area contributed by atoms with E-state index in [0.717, 1.165) is 36.7 Å². The molecule has 0 aliphatic carbocycles. The Morgan fingerprint density at radius 3 is 2.62 bits per heavy atom. The second-order valence-electron chi connectivity index (χ2n) is 6.80. The second-order valence-corrected chi connectivity index (χ2v) is 6.80. The van der Waals surface area contributed by atoms with Gasteiger partial charge in [0, 0.05) is 44.4 Å². The van der Waals surface area contributed by atoms with Gasteiger partial charge in [-0.2, -0.15) is 5.10 Å². The average molecular weight is 550 g/mol. The van der Waals surface area contributed by atoms with E-state index in [9.17, 15) is 0 Å². The monoisotopic (exact) mass is 550 g/mol. The number of pyridine rings is 1. The first-order valence-electron chi connectivity index (χ1n) is 10.5. The molecule has 3 aromatic rings. The minimum atomic E-state index is 0. The fraction of sp³-hybridized carbons (Fsp3) is 0.348. The van der Waals surface area contributed by atoms with Crippen molar-refractivity contribution in [3.05, 3.63) is 72.2 Å². The van der Waals surface area contributed by atoms with Crippen LogP contribution in [0.4, 0.5) is 0 Å². The molecule has 0 radical (unpaired) electrons. The molecule has 1 aromatic carbocycles. The zero-order chi connectivity index (χ0) is 21.7. The van der Waals surface area contributed by atoms with Gasteiger partial charge in [0.25, 0.3) is 0 Å². The van der Waals surface area contributed by atoms with Crippen molar-refractivity contribution >= 4 is 29.9 Å². The number of benzene rings is 1. The van der Waals surface area contributed by atoms with E-state index < -0.39 is 0 Å². The number of nitrogens with one attached hydrogen (secondary N) is 2. The van der Waals surface area contributed by atoms with Crippen LogP contribution in [0, 0.1) is 0 Å². The Morgan fingerprint density at radius 1 is 1.06 bits per heavy atom. The summed E-state index contributed by atoms with van der Waals surface area (Å²) in [5.74, 6) is 1.36. The Bertz CT molecular complexity index is 932. The van der Waals surface area contributed by atoms with E-state index in [-0.39, 0.29) is 24.0 Å². The van der Waals surface area contributed by atoms with Gasteiger partial charge in [-0.05, 0) is 43.2 Å². The number of nitrogens with zero attached hydrogens (tertiary/aromatic N) is 4. The van der Waals surface area contributed by atoms with Crippen molar-refractivity contribution in [3.8, 4) is 11.6 Å². The highest BCUT2D eigenvalue weighted by molar-refractivity contribution is 14.0. The lowest BCUT2D eigenvalue weighted by Crippen LogP contribution is -2.38. The highest BCUT2D eigenvalue weighted by atomic mass is 127. The van der Waals surface area contributed by atoms with Crippen molar-refractivity contribution in [3.63, 3.8) is 0 Å². The lowest BCUT2D eigenvalue weighted by atomic mass is 10.1. The summed E-state index contributed by atoms with van der Waals surface area (Å²) in [5, 5.41) is 10.9. The van der Waals surface area contributed by atoms with E-state index in [1.807, 2.05) is 29.1 Å². The summed E-state index contributed by atoms with van der Waals surface area (Å²) >= 11 is 0. The number of rotatable bonds is 11. The molecule has 172 valence electrons. The van der Waals surface area contributed by atoms with Gasteiger partial charge < -0.3 is 20.1 Å². The maximum Gasteiger partial charge on any atom is 0.218 e. The summed E-state index contributed by atoms with van der Waals surface area (Å²) in [6.45, 7) is 5.07. The third-order valence-corrected chi connectivity index (χ3v) is 4.54. The number of aromatic nitrogens is 3. The van der Waals surface area contributed by atoms with E-state index in [1.54, 1.807) is 19.5 Å². The smallest absolute Gasteiger partial charge is 0.218 e. The van der Waals surface area contributed by atoms with Gasteiger partial charge in [-0.1, -0.05) is 18.2 Å².